The van der Waals surface area contributed by atoms with Crippen LogP contribution in [0.15, 0.2) is 47.5 Å². The first kappa shape index (κ1) is 12.2. The van der Waals surface area contributed by atoms with Crippen LogP contribution in [0.3, 0.4) is 0 Å². The third-order valence-electron chi connectivity index (χ3n) is 2.19. The monoisotopic (exact) mass is 265 g/mol. The van der Waals surface area contributed by atoms with Crippen LogP contribution in [0.1, 0.15) is 0 Å². The second-order valence-electron chi connectivity index (χ2n) is 3.55. The molecule has 1 heterocycles. The van der Waals surface area contributed by atoms with E-state index in [2.05, 4.69) is 9.71 Å². The summed E-state index contributed by atoms with van der Waals surface area (Å²) < 4.78 is 26.2. The Bertz CT molecular complexity index is 671. The number of pyridine rings is 1. The topological polar surface area (TPSA) is 105 Å². The van der Waals surface area contributed by atoms with E-state index in [9.17, 15) is 13.5 Å². The van der Waals surface area contributed by atoms with Crippen LogP contribution in [0.25, 0.3) is 0 Å². The van der Waals surface area contributed by atoms with Crippen molar-refractivity contribution in [3.63, 3.8) is 0 Å². The highest BCUT2D eigenvalue weighted by molar-refractivity contribution is 7.92. The van der Waals surface area contributed by atoms with Crippen molar-refractivity contribution in [2.75, 3.05) is 10.5 Å². The van der Waals surface area contributed by atoms with E-state index < -0.39 is 10.0 Å². The lowest BCUT2D eigenvalue weighted by molar-refractivity contribution is 0.475. The maximum Gasteiger partial charge on any atom is 0.263 e. The van der Waals surface area contributed by atoms with Gasteiger partial charge in [0, 0.05) is 11.9 Å². The van der Waals surface area contributed by atoms with Gasteiger partial charge in [0.1, 0.15) is 0 Å². The minimum Gasteiger partial charge on any atom is -0.504 e. The summed E-state index contributed by atoms with van der Waals surface area (Å²) in [5, 5.41) is 9.46. The van der Waals surface area contributed by atoms with Gasteiger partial charge in [-0.05, 0) is 30.3 Å². The number of sulfonamides is 1. The zero-order valence-corrected chi connectivity index (χ0v) is 10.1. The number of hydrogen-bond donors (Lipinski definition) is 3. The average Bonchev–Trinajstić information content (AvgIpc) is 2.32. The fraction of sp³-hybridized carbons (Fsp3) is 0. The van der Waals surface area contributed by atoms with Gasteiger partial charge in [0.2, 0.25) is 0 Å². The van der Waals surface area contributed by atoms with Crippen LogP contribution in [0.5, 0.6) is 5.75 Å². The van der Waals surface area contributed by atoms with Gasteiger partial charge in [-0.1, -0.05) is 6.07 Å². The number of nitrogens with two attached hydrogens (primary N) is 1. The molecular weight excluding hydrogens is 254 g/mol. The van der Waals surface area contributed by atoms with E-state index in [1.54, 1.807) is 6.07 Å². The Morgan fingerprint density at radius 1 is 1.22 bits per heavy atom. The number of aromatic nitrogens is 1. The minimum absolute atomic E-state index is 0.00699. The van der Waals surface area contributed by atoms with E-state index in [0.717, 1.165) is 0 Å². The first-order valence-electron chi connectivity index (χ1n) is 5.01. The van der Waals surface area contributed by atoms with Crippen molar-refractivity contribution < 1.29 is 13.5 Å². The molecule has 0 bridgehead atoms. The number of nitrogen functional groups attached to an aromatic ring is 1. The molecule has 1 aromatic carbocycles. The Balaban J connectivity index is 2.37. The highest BCUT2D eigenvalue weighted by Gasteiger charge is 2.16. The molecule has 0 aliphatic rings. The molecule has 7 heteroatoms. The summed E-state index contributed by atoms with van der Waals surface area (Å²) in [5.74, 6) is -0.370. The normalized spacial score (nSPS) is 11.1. The zero-order valence-electron chi connectivity index (χ0n) is 9.24. The molecule has 0 aliphatic carbocycles. The minimum atomic E-state index is -3.81. The van der Waals surface area contributed by atoms with Crippen LogP contribution in [0.2, 0.25) is 0 Å². The van der Waals surface area contributed by atoms with Crippen LogP contribution >= 0.6 is 0 Å². The highest BCUT2D eigenvalue weighted by atomic mass is 32.2. The number of benzene rings is 1. The number of hydrogen-bond acceptors (Lipinski definition) is 5. The van der Waals surface area contributed by atoms with Crippen molar-refractivity contribution in [3.8, 4) is 5.75 Å². The van der Waals surface area contributed by atoms with Crippen molar-refractivity contribution in [3.05, 3.63) is 42.6 Å². The predicted octanol–water partition coefficient (Wildman–Crippen LogP) is 1.17. The summed E-state index contributed by atoms with van der Waals surface area (Å²) in [4.78, 5) is 3.75. The Labute approximate surface area is 104 Å². The second kappa shape index (κ2) is 4.53. The van der Waals surface area contributed by atoms with Crippen LogP contribution in [-0.2, 0) is 10.0 Å². The lowest BCUT2D eigenvalue weighted by Gasteiger charge is -2.08. The quantitative estimate of drug-likeness (QED) is 0.722. The number of nitrogens with zero attached hydrogens (tertiary/aromatic N) is 1. The molecule has 0 radical (unpaired) electrons. The largest absolute Gasteiger partial charge is 0.504 e. The van der Waals surface area contributed by atoms with Gasteiger partial charge in [0.15, 0.2) is 11.6 Å². The maximum absolute atomic E-state index is 12.0. The summed E-state index contributed by atoms with van der Waals surface area (Å²) in [6.45, 7) is 0. The molecule has 4 N–H and O–H groups in total. The van der Waals surface area contributed by atoms with Gasteiger partial charge in [-0.3, -0.25) is 4.72 Å². The Hall–Kier alpha value is -2.28. The predicted molar refractivity (Wildman–Crippen MR) is 67.6 cm³/mol. The van der Waals surface area contributed by atoms with Crippen LogP contribution in [0, 0.1) is 0 Å². The molecule has 0 amide bonds. The molecule has 0 aliphatic heterocycles. The number of rotatable bonds is 3. The molecule has 94 valence electrons. The van der Waals surface area contributed by atoms with Crippen LogP contribution in [-0.4, -0.2) is 18.5 Å². The zero-order chi connectivity index (χ0) is 13.2. The number of anilines is 2. The van der Waals surface area contributed by atoms with E-state index in [4.69, 9.17) is 5.73 Å². The molecule has 0 spiro atoms. The Morgan fingerprint density at radius 3 is 2.67 bits per heavy atom. The van der Waals surface area contributed by atoms with Gasteiger partial charge in [-0.15, -0.1) is 0 Å². The van der Waals surface area contributed by atoms with Crippen molar-refractivity contribution in [2.45, 2.75) is 4.90 Å². The summed E-state index contributed by atoms with van der Waals surface area (Å²) in [6, 6.07) is 8.66. The smallest absolute Gasteiger partial charge is 0.263 e. The molecule has 2 aromatic rings. The molecular formula is C11H11N3O3S. The third-order valence-corrected chi connectivity index (χ3v) is 3.52. The first-order chi connectivity index (χ1) is 8.49. The second-order valence-corrected chi connectivity index (χ2v) is 5.23. The summed E-state index contributed by atoms with van der Waals surface area (Å²) in [5.41, 5.74) is 5.86. The van der Waals surface area contributed by atoms with Gasteiger partial charge >= 0.3 is 0 Å². The molecule has 0 unspecified atom stereocenters. The van der Waals surface area contributed by atoms with E-state index in [0.29, 0.717) is 5.69 Å². The Morgan fingerprint density at radius 2 is 2.00 bits per heavy atom. The van der Waals surface area contributed by atoms with Crippen LogP contribution in [0.4, 0.5) is 11.5 Å². The molecule has 2 rings (SSSR count). The van der Waals surface area contributed by atoms with Gasteiger partial charge in [0.05, 0.1) is 4.90 Å². The molecule has 1 aromatic heterocycles. The van der Waals surface area contributed by atoms with E-state index in [1.807, 2.05) is 0 Å². The maximum atomic E-state index is 12.0. The highest BCUT2D eigenvalue weighted by Crippen LogP contribution is 2.22. The number of nitrogens with one attached hydrogen (secondary N) is 1. The van der Waals surface area contributed by atoms with Gasteiger partial charge in [-0.25, -0.2) is 13.4 Å². The third kappa shape index (κ3) is 2.51. The molecule has 6 nitrogen and oxygen atoms in total. The van der Waals surface area contributed by atoms with Gasteiger partial charge < -0.3 is 10.8 Å². The van der Waals surface area contributed by atoms with Crippen molar-refractivity contribution in [2.24, 2.45) is 0 Å². The lowest BCUT2D eigenvalue weighted by atomic mass is 10.3. The molecule has 0 saturated carbocycles. The molecule has 0 fully saturated rings. The van der Waals surface area contributed by atoms with Gasteiger partial charge in [-0.2, -0.15) is 0 Å². The molecule has 0 atom stereocenters. The first-order valence-corrected chi connectivity index (χ1v) is 6.50. The van der Waals surface area contributed by atoms with E-state index >= 15 is 0 Å². The molecule has 18 heavy (non-hydrogen) atoms. The SMILES string of the molecule is Nc1cccc(S(=O)(=O)Nc2ncccc2O)c1. The van der Waals surface area contributed by atoms with Gasteiger partial charge in [0.25, 0.3) is 10.0 Å². The fourth-order valence-electron chi connectivity index (χ4n) is 1.34. The van der Waals surface area contributed by atoms with Crippen molar-refractivity contribution in [1.29, 1.82) is 0 Å². The van der Waals surface area contributed by atoms with E-state index in [-0.39, 0.29) is 16.5 Å². The van der Waals surface area contributed by atoms with Crippen molar-refractivity contribution in [1.82, 2.24) is 4.98 Å². The molecule has 0 saturated heterocycles. The average molecular weight is 265 g/mol. The summed E-state index contributed by atoms with van der Waals surface area (Å²) >= 11 is 0. The van der Waals surface area contributed by atoms with E-state index in [1.165, 1.54) is 36.5 Å². The van der Waals surface area contributed by atoms with Crippen molar-refractivity contribution >= 4 is 21.5 Å². The lowest BCUT2D eigenvalue weighted by Crippen LogP contribution is -2.14. The summed E-state index contributed by atoms with van der Waals surface area (Å²) in [6.07, 6.45) is 1.37. The Kier molecular flexibility index (Phi) is 3.07. The standard InChI is InChI=1S/C11H11N3O3S/c12-8-3-1-4-9(7-8)18(16,17)14-11-10(15)5-2-6-13-11/h1-7,15H,12H2,(H,13,14). The number of aromatic hydroxyl groups is 1. The fourth-order valence-corrected chi connectivity index (χ4v) is 2.42. The summed E-state index contributed by atoms with van der Waals surface area (Å²) in [7, 11) is -3.81. The van der Waals surface area contributed by atoms with Crippen LogP contribution < -0.4 is 10.5 Å².